The lowest BCUT2D eigenvalue weighted by Gasteiger charge is -2.35. The molecule has 1 N–H and O–H groups in total. The summed E-state index contributed by atoms with van der Waals surface area (Å²) in [6, 6.07) is -0.491. The first kappa shape index (κ1) is 16.1. The van der Waals surface area contributed by atoms with Crippen LogP contribution in [0.25, 0.3) is 0 Å². The number of amides is 2. The first-order valence-corrected chi connectivity index (χ1v) is 7.54. The lowest BCUT2D eigenvalue weighted by atomic mass is 9.87. The first-order chi connectivity index (χ1) is 9.88. The monoisotopic (exact) mass is 306 g/mol. The summed E-state index contributed by atoms with van der Waals surface area (Å²) in [6.45, 7) is 0.857. The number of halogens is 3. The van der Waals surface area contributed by atoms with E-state index in [0.717, 1.165) is 25.7 Å². The molecule has 2 amide bonds. The second kappa shape index (κ2) is 6.66. The molecule has 0 aromatic rings. The lowest BCUT2D eigenvalue weighted by Crippen LogP contribution is -2.50. The zero-order valence-electron chi connectivity index (χ0n) is 11.9. The maximum atomic E-state index is 12.3. The summed E-state index contributed by atoms with van der Waals surface area (Å²) in [5, 5.41) is 2.00. The second-order valence-corrected chi connectivity index (χ2v) is 5.91. The van der Waals surface area contributed by atoms with Gasteiger partial charge in [0.2, 0.25) is 5.91 Å². The summed E-state index contributed by atoms with van der Waals surface area (Å²) in [5.41, 5.74) is 0. The Kier molecular flexibility index (Phi) is 5.11. The van der Waals surface area contributed by atoms with Crippen LogP contribution in [-0.2, 0) is 9.59 Å². The van der Waals surface area contributed by atoms with Crippen molar-refractivity contribution in [3.8, 4) is 0 Å². The normalized spacial score (nSPS) is 22.1. The predicted molar refractivity (Wildman–Crippen MR) is 70.4 cm³/mol. The summed E-state index contributed by atoms with van der Waals surface area (Å²) in [5.74, 6) is -1.67. The van der Waals surface area contributed by atoms with Gasteiger partial charge in [0.15, 0.2) is 0 Å². The van der Waals surface area contributed by atoms with Crippen LogP contribution in [-0.4, -0.2) is 42.0 Å². The summed E-state index contributed by atoms with van der Waals surface area (Å²) < 4.78 is 36.5. The lowest BCUT2D eigenvalue weighted by molar-refractivity contribution is -0.174. The van der Waals surface area contributed by atoms with Gasteiger partial charge in [0.25, 0.3) is 0 Å². The third-order valence-electron chi connectivity index (χ3n) is 4.35. The number of rotatable bonds is 2. The molecule has 2 aliphatic rings. The number of carbonyl (C=O) groups is 2. The average molecular weight is 306 g/mol. The average Bonchev–Trinajstić information content (AvgIpc) is 2.47. The number of likely N-dealkylation sites (tertiary alicyclic amines) is 1. The zero-order valence-corrected chi connectivity index (χ0v) is 11.9. The van der Waals surface area contributed by atoms with E-state index in [2.05, 4.69) is 0 Å². The highest BCUT2D eigenvalue weighted by Gasteiger charge is 2.40. The van der Waals surface area contributed by atoms with Crippen LogP contribution in [0.2, 0.25) is 0 Å². The third-order valence-corrected chi connectivity index (χ3v) is 4.35. The van der Waals surface area contributed by atoms with E-state index in [1.165, 1.54) is 6.42 Å². The molecule has 0 aromatic heterocycles. The highest BCUT2D eigenvalue weighted by atomic mass is 19.4. The second-order valence-electron chi connectivity index (χ2n) is 5.91. The van der Waals surface area contributed by atoms with Gasteiger partial charge in [-0.2, -0.15) is 13.2 Å². The number of nitrogens with one attached hydrogen (secondary N) is 1. The van der Waals surface area contributed by atoms with Crippen molar-refractivity contribution in [1.82, 2.24) is 10.2 Å². The first-order valence-electron chi connectivity index (χ1n) is 7.54. The number of piperidine rings is 1. The van der Waals surface area contributed by atoms with Gasteiger partial charge < -0.3 is 10.2 Å². The Balaban J connectivity index is 1.77. The number of nitrogens with zero attached hydrogens (tertiary/aromatic N) is 1. The Morgan fingerprint density at radius 1 is 0.952 bits per heavy atom. The van der Waals surface area contributed by atoms with Crippen LogP contribution in [0.4, 0.5) is 13.2 Å². The van der Waals surface area contributed by atoms with Crippen LogP contribution < -0.4 is 5.32 Å². The van der Waals surface area contributed by atoms with E-state index in [-0.39, 0.29) is 11.8 Å². The Bertz CT molecular complexity index is 384. The summed E-state index contributed by atoms with van der Waals surface area (Å²) in [7, 11) is 0. The largest absolute Gasteiger partial charge is 0.471 e. The predicted octanol–water partition coefficient (Wildman–Crippen LogP) is 2.24. The SMILES string of the molecule is O=C(C1CCCCC1)N1CCC(NC(=O)C(F)(F)F)CC1. The maximum Gasteiger partial charge on any atom is 0.471 e. The van der Waals surface area contributed by atoms with E-state index in [9.17, 15) is 22.8 Å². The van der Waals surface area contributed by atoms with Gasteiger partial charge in [0, 0.05) is 25.0 Å². The molecule has 1 heterocycles. The standard InChI is InChI=1S/C14H21F3N2O2/c15-14(16,17)13(21)18-11-6-8-19(9-7-11)12(20)10-4-2-1-3-5-10/h10-11H,1-9H2,(H,18,21). The number of hydrogen-bond acceptors (Lipinski definition) is 2. The van der Waals surface area contributed by atoms with Gasteiger partial charge in [-0.3, -0.25) is 9.59 Å². The van der Waals surface area contributed by atoms with Crippen LogP contribution in [0.5, 0.6) is 0 Å². The molecular weight excluding hydrogens is 285 g/mol. The van der Waals surface area contributed by atoms with E-state index >= 15 is 0 Å². The number of hydrogen-bond donors (Lipinski definition) is 1. The molecule has 21 heavy (non-hydrogen) atoms. The van der Waals surface area contributed by atoms with Crippen molar-refractivity contribution in [2.75, 3.05) is 13.1 Å². The van der Waals surface area contributed by atoms with Gasteiger partial charge in [-0.05, 0) is 25.7 Å². The Hall–Kier alpha value is -1.27. The highest BCUT2D eigenvalue weighted by Crippen LogP contribution is 2.26. The molecule has 1 saturated carbocycles. The smallest absolute Gasteiger partial charge is 0.345 e. The molecule has 4 nitrogen and oxygen atoms in total. The summed E-state index contributed by atoms with van der Waals surface area (Å²) in [4.78, 5) is 24.9. The quantitative estimate of drug-likeness (QED) is 0.850. The highest BCUT2D eigenvalue weighted by molar-refractivity contribution is 5.82. The Morgan fingerprint density at radius 3 is 2.05 bits per heavy atom. The molecule has 0 radical (unpaired) electrons. The van der Waals surface area contributed by atoms with E-state index < -0.39 is 18.1 Å². The molecule has 0 bridgehead atoms. The minimum absolute atomic E-state index is 0.0834. The van der Waals surface area contributed by atoms with Gasteiger partial charge in [0.1, 0.15) is 0 Å². The van der Waals surface area contributed by atoms with Crippen LogP contribution in [0.3, 0.4) is 0 Å². The van der Waals surface area contributed by atoms with Crippen molar-refractivity contribution in [1.29, 1.82) is 0 Å². The maximum absolute atomic E-state index is 12.3. The molecule has 1 saturated heterocycles. The fraction of sp³-hybridized carbons (Fsp3) is 0.857. The fourth-order valence-corrected chi connectivity index (χ4v) is 3.12. The topological polar surface area (TPSA) is 49.4 Å². The van der Waals surface area contributed by atoms with Gasteiger partial charge in [-0.25, -0.2) is 0 Å². The molecule has 7 heteroatoms. The molecule has 120 valence electrons. The minimum atomic E-state index is -4.84. The van der Waals surface area contributed by atoms with Crippen molar-refractivity contribution in [2.45, 2.75) is 57.2 Å². The number of alkyl halides is 3. The Morgan fingerprint density at radius 2 is 1.52 bits per heavy atom. The Labute approximate surface area is 122 Å². The van der Waals surface area contributed by atoms with E-state index in [1.807, 2.05) is 5.32 Å². The fourth-order valence-electron chi connectivity index (χ4n) is 3.12. The van der Waals surface area contributed by atoms with Crippen molar-refractivity contribution >= 4 is 11.8 Å². The van der Waals surface area contributed by atoms with Crippen molar-refractivity contribution in [3.63, 3.8) is 0 Å². The zero-order chi connectivity index (χ0) is 15.5. The summed E-state index contributed by atoms with van der Waals surface area (Å²) >= 11 is 0. The molecule has 1 aliphatic heterocycles. The van der Waals surface area contributed by atoms with E-state index in [0.29, 0.717) is 25.9 Å². The molecule has 2 fully saturated rings. The molecule has 0 spiro atoms. The molecule has 0 unspecified atom stereocenters. The van der Waals surface area contributed by atoms with Crippen molar-refractivity contribution in [2.24, 2.45) is 5.92 Å². The molecule has 2 rings (SSSR count). The van der Waals surface area contributed by atoms with E-state index in [1.54, 1.807) is 4.90 Å². The van der Waals surface area contributed by atoms with Crippen LogP contribution in [0, 0.1) is 5.92 Å². The minimum Gasteiger partial charge on any atom is -0.345 e. The van der Waals surface area contributed by atoms with Crippen LogP contribution >= 0.6 is 0 Å². The number of carbonyl (C=O) groups excluding carboxylic acids is 2. The molecule has 0 aromatic carbocycles. The van der Waals surface area contributed by atoms with Crippen LogP contribution in [0.15, 0.2) is 0 Å². The van der Waals surface area contributed by atoms with E-state index in [4.69, 9.17) is 0 Å². The molecule has 0 atom stereocenters. The van der Waals surface area contributed by atoms with Gasteiger partial charge >= 0.3 is 12.1 Å². The molecular formula is C14H21F3N2O2. The van der Waals surface area contributed by atoms with Crippen molar-refractivity contribution < 1.29 is 22.8 Å². The van der Waals surface area contributed by atoms with Crippen molar-refractivity contribution in [3.05, 3.63) is 0 Å². The van der Waals surface area contributed by atoms with Gasteiger partial charge in [-0.1, -0.05) is 19.3 Å². The molecule has 1 aliphatic carbocycles. The van der Waals surface area contributed by atoms with Gasteiger partial charge in [-0.15, -0.1) is 0 Å². The third kappa shape index (κ3) is 4.35. The summed E-state index contributed by atoms with van der Waals surface area (Å²) in [6.07, 6.45) is 1.11. The van der Waals surface area contributed by atoms with Gasteiger partial charge in [0.05, 0.1) is 0 Å². The van der Waals surface area contributed by atoms with Crippen LogP contribution in [0.1, 0.15) is 44.9 Å².